The van der Waals surface area contributed by atoms with Gasteiger partial charge < -0.3 is 0 Å². The summed E-state index contributed by atoms with van der Waals surface area (Å²) in [4.78, 5) is 0. The predicted molar refractivity (Wildman–Crippen MR) is 77.3 cm³/mol. The van der Waals surface area contributed by atoms with Gasteiger partial charge in [-0.2, -0.15) is 0 Å². The second kappa shape index (κ2) is 6.24. The third-order valence-corrected chi connectivity index (χ3v) is 2.58. The molecule has 1 rings (SSSR count). The minimum Gasteiger partial charge on any atom is -0.0988 e. The molecule has 1 aromatic rings. The molecule has 0 radical (unpaired) electrons. The first-order valence-corrected chi connectivity index (χ1v) is 6.05. The highest BCUT2D eigenvalue weighted by Crippen LogP contribution is 2.14. The van der Waals surface area contributed by atoms with Crippen molar-refractivity contribution in [2.75, 3.05) is 0 Å². The summed E-state index contributed by atoms with van der Waals surface area (Å²) in [5.41, 5.74) is 6.58. The fourth-order valence-corrected chi connectivity index (χ4v) is 1.88. The topological polar surface area (TPSA) is 0 Å². The van der Waals surface area contributed by atoms with Crippen LogP contribution in [-0.4, -0.2) is 0 Å². The third kappa shape index (κ3) is 4.86. The average Bonchev–Trinajstić information content (AvgIpc) is 2.22. The van der Waals surface area contributed by atoms with Crippen LogP contribution in [0, 0.1) is 13.8 Å². The standard InChI is InChI=1S/C17H22/c1-6-16(8-7-13(2)3)12-17-10-14(4)9-15(5)11-17/h6-11H,1,12H2,2-5H3/b16-8+. The van der Waals surface area contributed by atoms with Crippen LogP contribution in [-0.2, 0) is 6.42 Å². The molecule has 90 valence electrons. The molecule has 17 heavy (non-hydrogen) atoms. The summed E-state index contributed by atoms with van der Waals surface area (Å²) in [6, 6.07) is 6.69. The molecule has 0 bridgehead atoms. The minimum absolute atomic E-state index is 0.954. The zero-order chi connectivity index (χ0) is 12.8. The van der Waals surface area contributed by atoms with Crippen LogP contribution in [0.4, 0.5) is 0 Å². The van der Waals surface area contributed by atoms with E-state index in [1.54, 1.807) is 0 Å². The Bertz CT molecular complexity index is 435. The number of aryl methyl sites for hydroxylation is 2. The first kappa shape index (κ1) is 13.5. The maximum atomic E-state index is 3.88. The molecule has 0 atom stereocenters. The maximum absolute atomic E-state index is 3.88. The van der Waals surface area contributed by atoms with Crippen LogP contribution in [0.25, 0.3) is 0 Å². The SMILES string of the molecule is C=C/C(=C\C=C(C)C)Cc1cc(C)cc(C)c1. The normalized spacial score (nSPS) is 11.2. The summed E-state index contributed by atoms with van der Waals surface area (Å²) in [6.45, 7) is 12.4. The van der Waals surface area contributed by atoms with Gasteiger partial charge in [-0.05, 0) is 45.3 Å². The van der Waals surface area contributed by atoms with Gasteiger partial charge in [0.15, 0.2) is 0 Å². The first-order chi connectivity index (χ1) is 8.01. The predicted octanol–water partition coefficient (Wildman–Crippen LogP) is 4.92. The van der Waals surface area contributed by atoms with Gasteiger partial charge in [-0.25, -0.2) is 0 Å². The molecule has 0 fully saturated rings. The molecule has 0 aliphatic carbocycles. The Hall–Kier alpha value is -1.56. The lowest BCUT2D eigenvalue weighted by molar-refractivity contribution is 1.17. The second-order valence-corrected chi connectivity index (χ2v) is 4.86. The van der Waals surface area contributed by atoms with E-state index in [1.165, 1.54) is 27.8 Å². The number of hydrogen-bond donors (Lipinski definition) is 0. The van der Waals surface area contributed by atoms with Crippen molar-refractivity contribution in [2.45, 2.75) is 34.1 Å². The Kier molecular flexibility index (Phi) is 4.96. The van der Waals surface area contributed by atoms with Crippen LogP contribution in [0.3, 0.4) is 0 Å². The van der Waals surface area contributed by atoms with Gasteiger partial charge in [0, 0.05) is 0 Å². The van der Waals surface area contributed by atoms with Crippen molar-refractivity contribution in [1.82, 2.24) is 0 Å². The van der Waals surface area contributed by atoms with E-state index in [0.29, 0.717) is 0 Å². The lowest BCUT2D eigenvalue weighted by Gasteiger charge is -2.05. The molecule has 0 unspecified atom stereocenters. The number of rotatable bonds is 4. The van der Waals surface area contributed by atoms with Crippen LogP contribution in [0.15, 0.2) is 54.2 Å². The monoisotopic (exact) mass is 226 g/mol. The average molecular weight is 226 g/mol. The van der Waals surface area contributed by atoms with E-state index in [4.69, 9.17) is 0 Å². The van der Waals surface area contributed by atoms with E-state index >= 15 is 0 Å². The maximum Gasteiger partial charge on any atom is -0.00258 e. The summed E-state index contributed by atoms with van der Waals surface area (Å²) in [6.07, 6.45) is 7.19. The molecular weight excluding hydrogens is 204 g/mol. The summed E-state index contributed by atoms with van der Waals surface area (Å²) in [5, 5.41) is 0. The van der Waals surface area contributed by atoms with Crippen LogP contribution in [0.1, 0.15) is 30.5 Å². The Morgan fingerprint density at radius 2 is 1.65 bits per heavy atom. The largest absolute Gasteiger partial charge is 0.0988 e. The molecule has 0 spiro atoms. The van der Waals surface area contributed by atoms with Gasteiger partial charge in [0.2, 0.25) is 0 Å². The molecular formula is C17H22. The lowest BCUT2D eigenvalue weighted by atomic mass is 10.0. The number of allylic oxidation sites excluding steroid dienone is 5. The molecule has 0 N–H and O–H groups in total. The van der Waals surface area contributed by atoms with Gasteiger partial charge in [0.25, 0.3) is 0 Å². The van der Waals surface area contributed by atoms with E-state index in [1.807, 2.05) is 6.08 Å². The van der Waals surface area contributed by atoms with Gasteiger partial charge >= 0.3 is 0 Å². The summed E-state index contributed by atoms with van der Waals surface area (Å²) < 4.78 is 0. The molecule has 0 amide bonds. The first-order valence-electron chi connectivity index (χ1n) is 6.05. The molecule has 0 heteroatoms. The Balaban J connectivity index is 2.91. The van der Waals surface area contributed by atoms with E-state index in [-0.39, 0.29) is 0 Å². The Morgan fingerprint density at radius 1 is 1.06 bits per heavy atom. The van der Waals surface area contributed by atoms with Crippen molar-refractivity contribution in [3.63, 3.8) is 0 Å². The molecule has 0 saturated heterocycles. The Morgan fingerprint density at radius 3 is 2.12 bits per heavy atom. The van der Waals surface area contributed by atoms with Crippen molar-refractivity contribution in [3.8, 4) is 0 Å². The van der Waals surface area contributed by atoms with Gasteiger partial charge in [-0.1, -0.05) is 59.7 Å². The van der Waals surface area contributed by atoms with Crippen LogP contribution >= 0.6 is 0 Å². The van der Waals surface area contributed by atoms with Gasteiger partial charge in [0.05, 0.1) is 0 Å². The van der Waals surface area contributed by atoms with Crippen molar-refractivity contribution in [3.05, 3.63) is 70.8 Å². The molecule has 1 aromatic carbocycles. The zero-order valence-electron chi connectivity index (χ0n) is 11.4. The van der Waals surface area contributed by atoms with Crippen LogP contribution < -0.4 is 0 Å². The minimum atomic E-state index is 0.954. The van der Waals surface area contributed by atoms with E-state index in [2.05, 4.69) is 64.6 Å². The van der Waals surface area contributed by atoms with Gasteiger partial charge in [0.1, 0.15) is 0 Å². The smallest absolute Gasteiger partial charge is 0.00258 e. The highest BCUT2D eigenvalue weighted by atomic mass is 14.0. The Labute approximate surface area is 105 Å². The van der Waals surface area contributed by atoms with Crippen LogP contribution in [0.2, 0.25) is 0 Å². The molecule has 0 aromatic heterocycles. The quantitative estimate of drug-likeness (QED) is 0.639. The van der Waals surface area contributed by atoms with E-state index in [9.17, 15) is 0 Å². The molecule has 0 heterocycles. The highest BCUT2D eigenvalue weighted by Gasteiger charge is 1.98. The summed E-state index contributed by atoms with van der Waals surface area (Å²) in [5.74, 6) is 0. The number of hydrogen-bond acceptors (Lipinski definition) is 0. The van der Waals surface area contributed by atoms with Crippen molar-refractivity contribution >= 4 is 0 Å². The molecule has 0 aliphatic heterocycles. The molecule has 0 saturated carbocycles. The second-order valence-electron chi connectivity index (χ2n) is 4.86. The van der Waals surface area contributed by atoms with Gasteiger partial charge in [-0.15, -0.1) is 0 Å². The fraction of sp³-hybridized carbons (Fsp3) is 0.294. The molecule has 0 aliphatic rings. The zero-order valence-corrected chi connectivity index (χ0v) is 11.4. The molecule has 0 nitrogen and oxygen atoms in total. The highest BCUT2D eigenvalue weighted by molar-refractivity contribution is 5.35. The fourth-order valence-electron chi connectivity index (χ4n) is 1.88. The van der Waals surface area contributed by atoms with Crippen molar-refractivity contribution < 1.29 is 0 Å². The van der Waals surface area contributed by atoms with Gasteiger partial charge in [-0.3, -0.25) is 0 Å². The lowest BCUT2D eigenvalue weighted by Crippen LogP contribution is -1.90. The van der Waals surface area contributed by atoms with E-state index in [0.717, 1.165) is 6.42 Å². The third-order valence-electron chi connectivity index (χ3n) is 2.58. The van der Waals surface area contributed by atoms with Crippen LogP contribution in [0.5, 0.6) is 0 Å². The summed E-state index contributed by atoms with van der Waals surface area (Å²) in [7, 11) is 0. The van der Waals surface area contributed by atoms with Crippen molar-refractivity contribution in [2.24, 2.45) is 0 Å². The number of benzene rings is 1. The van der Waals surface area contributed by atoms with E-state index < -0.39 is 0 Å². The summed E-state index contributed by atoms with van der Waals surface area (Å²) >= 11 is 0. The van der Waals surface area contributed by atoms with Crippen molar-refractivity contribution in [1.29, 1.82) is 0 Å².